The summed E-state index contributed by atoms with van der Waals surface area (Å²) in [5.74, 6) is 1.23. The monoisotopic (exact) mass is 353 g/mol. The summed E-state index contributed by atoms with van der Waals surface area (Å²) in [6, 6.07) is 7.08. The lowest BCUT2D eigenvalue weighted by Gasteiger charge is -2.14. The first-order chi connectivity index (χ1) is 11.6. The van der Waals surface area contributed by atoms with E-state index in [1.54, 1.807) is 11.8 Å². The second-order valence-electron chi connectivity index (χ2n) is 5.39. The molecule has 1 rings (SSSR count). The van der Waals surface area contributed by atoms with Gasteiger partial charge in [0.1, 0.15) is 11.8 Å². The van der Waals surface area contributed by atoms with Gasteiger partial charge >= 0.3 is 5.97 Å². The van der Waals surface area contributed by atoms with Gasteiger partial charge in [0.25, 0.3) is 0 Å². The number of amides is 1. The van der Waals surface area contributed by atoms with Gasteiger partial charge in [-0.15, -0.1) is 0 Å². The number of aryl methyl sites for hydroxylation is 1. The van der Waals surface area contributed by atoms with E-state index in [1.165, 1.54) is 5.56 Å². The van der Waals surface area contributed by atoms with Gasteiger partial charge in [-0.2, -0.15) is 11.8 Å². The molecule has 0 fully saturated rings. The lowest BCUT2D eigenvalue weighted by molar-refractivity contribution is -0.141. The maximum atomic E-state index is 11.8. The van der Waals surface area contributed by atoms with Gasteiger partial charge in [0.2, 0.25) is 5.91 Å². The molecule has 0 radical (unpaired) electrons. The van der Waals surface area contributed by atoms with Crippen molar-refractivity contribution in [2.24, 2.45) is 0 Å². The molecule has 0 bridgehead atoms. The SMILES string of the molecule is CCSCCC(NC(=O)CCCOc1ccc(CC)cc1)C(=O)O. The van der Waals surface area contributed by atoms with Crippen molar-refractivity contribution >= 4 is 23.6 Å². The van der Waals surface area contributed by atoms with Gasteiger partial charge in [-0.05, 0) is 48.5 Å². The Morgan fingerprint density at radius 1 is 1.25 bits per heavy atom. The van der Waals surface area contributed by atoms with Crippen molar-refractivity contribution in [3.63, 3.8) is 0 Å². The summed E-state index contributed by atoms with van der Waals surface area (Å²) in [5, 5.41) is 11.7. The van der Waals surface area contributed by atoms with Crippen LogP contribution >= 0.6 is 11.8 Å². The van der Waals surface area contributed by atoms with E-state index in [-0.39, 0.29) is 12.3 Å². The van der Waals surface area contributed by atoms with Crippen LogP contribution < -0.4 is 10.1 Å². The van der Waals surface area contributed by atoms with Crippen molar-refractivity contribution in [1.82, 2.24) is 5.32 Å². The van der Waals surface area contributed by atoms with E-state index in [0.29, 0.717) is 19.4 Å². The minimum atomic E-state index is -0.979. The summed E-state index contributed by atoms with van der Waals surface area (Å²) in [5.41, 5.74) is 1.25. The number of aliphatic carboxylic acids is 1. The quantitative estimate of drug-likeness (QED) is 0.565. The van der Waals surface area contributed by atoms with Crippen molar-refractivity contribution in [1.29, 1.82) is 0 Å². The zero-order valence-corrected chi connectivity index (χ0v) is 15.2. The van der Waals surface area contributed by atoms with Crippen LogP contribution in [-0.2, 0) is 16.0 Å². The van der Waals surface area contributed by atoms with Gasteiger partial charge in [0.15, 0.2) is 0 Å². The molecule has 5 nitrogen and oxygen atoms in total. The smallest absolute Gasteiger partial charge is 0.326 e. The summed E-state index contributed by atoms with van der Waals surface area (Å²) < 4.78 is 5.59. The molecular weight excluding hydrogens is 326 g/mol. The summed E-state index contributed by atoms with van der Waals surface area (Å²) in [4.78, 5) is 23.0. The van der Waals surface area contributed by atoms with Gasteiger partial charge in [0, 0.05) is 6.42 Å². The van der Waals surface area contributed by atoms with Crippen LogP contribution in [-0.4, -0.2) is 41.1 Å². The second kappa shape index (κ2) is 11.8. The number of carbonyl (C=O) groups is 2. The van der Waals surface area contributed by atoms with Crippen LogP contribution in [0.25, 0.3) is 0 Å². The number of carbonyl (C=O) groups excluding carboxylic acids is 1. The standard InChI is InChI=1S/C18H27NO4S/c1-3-14-7-9-15(10-8-14)23-12-5-6-17(20)19-16(18(21)22)11-13-24-4-2/h7-10,16H,3-6,11-13H2,1-2H3,(H,19,20)(H,21,22). The van der Waals surface area contributed by atoms with Crippen LogP contribution in [0.15, 0.2) is 24.3 Å². The van der Waals surface area contributed by atoms with Crippen LogP contribution in [0.5, 0.6) is 5.75 Å². The van der Waals surface area contributed by atoms with E-state index >= 15 is 0 Å². The fourth-order valence-corrected chi connectivity index (χ4v) is 2.80. The Hall–Kier alpha value is -1.69. The van der Waals surface area contributed by atoms with E-state index in [2.05, 4.69) is 12.2 Å². The molecule has 134 valence electrons. The van der Waals surface area contributed by atoms with Gasteiger partial charge in [-0.3, -0.25) is 4.79 Å². The average Bonchev–Trinajstić information content (AvgIpc) is 2.58. The maximum Gasteiger partial charge on any atom is 0.326 e. The highest BCUT2D eigenvalue weighted by Gasteiger charge is 2.19. The molecule has 6 heteroatoms. The molecule has 0 heterocycles. The van der Waals surface area contributed by atoms with Crippen molar-refractivity contribution in [3.05, 3.63) is 29.8 Å². The number of carboxylic acids is 1. The number of hydrogen-bond acceptors (Lipinski definition) is 4. The highest BCUT2D eigenvalue weighted by molar-refractivity contribution is 7.99. The molecule has 1 unspecified atom stereocenters. The fraction of sp³-hybridized carbons (Fsp3) is 0.556. The van der Waals surface area contributed by atoms with Crippen molar-refractivity contribution in [2.45, 2.75) is 45.6 Å². The highest BCUT2D eigenvalue weighted by Crippen LogP contribution is 2.13. The van der Waals surface area contributed by atoms with Crippen LogP contribution in [0.2, 0.25) is 0 Å². The molecule has 1 atom stereocenters. The molecule has 0 aromatic heterocycles. The Bertz CT molecular complexity index is 504. The Labute approximate surface area is 148 Å². The third-order valence-electron chi connectivity index (χ3n) is 3.54. The normalized spacial score (nSPS) is 11.8. The molecule has 1 amide bonds. The highest BCUT2D eigenvalue weighted by atomic mass is 32.2. The predicted molar refractivity (Wildman–Crippen MR) is 97.7 cm³/mol. The minimum absolute atomic E-state index is 0.242. The number of hydrogen-bond donors (Lipinski definition) is 2. The minimum Gasteiger partial charge on any atom is -0.494 e. The third-order valence-corrected chi connectivity index (χ3v) is 4.47. The first-order valence-corrected chi connectivity index (χ1v) is 9.53. The molecule has 0 saturated heterocycles. The number of carboxylic acid groups (broad SMARTS) is 1. The summed E-state index contributed by atoms with van der Waals surface area (Å²) in [6.07, 6.45) is 2.25. The van der Waals surface area contributed by atoms with Crippen LogP contribution in [0.3, 0.4) is 0 Å². The number of rotatable bonds is 12. The van der Waals surface area contributed by atoms with E-state index in [4.69, 9.17) is 9.84 Å². The first-order valence-electron chi connectivity index (χ1n) is 8.38. The first kappa shape index (κ1) is 20.4. The number of benzene rings is 1. The molecule has 0 saturated carbocycles. The second-order valence-corrected chi connectivity index (χ2v) is 6.79. The Morgan fingerprint density at radius 2 is 1.96 bits per heavy atom. The summed E-state index contributed by atoms with van der Waals surface area (Å²) in [6.45, 7) is 4.55. The summed E-state index contributed by atoms with van der Waals surface area (Å²) >= 11 is 1.67. The van der Waals surface area contributed by atoms with Gasteiger partial charge < -0.3 is 15.2 Å². The van der Waals surface area contributed by atoms with E-state index < -0.39 is 12.0 Å². The van der Waals surface area contributed by atoms with Crippen molar-refractivity contribution in [3.8, 4) is 5.75 Å². The van der Waals surface area contributed by atoms with Crippen LogP contribution in [0, 0.1) is 0 Å². The van der Waals surface area contributed by atoms with E-state index in [0.717, 1.165) is 23.7 Å². The largest absolute Gasteiger partial charge is 0.494 e. The van der Waals surface area contributed by atoms with Gasteiger partial charge in [-0.25, -0.2) is 4.79 Å². The number of nitrogens with one attached hydrogen (secondary N) is 1. The van der Waals surface area contributed by atoms with Gasteiger partial charge in [0.05, 0.1) is 6.61 Å². The molecule has 2 N–H and O–H groups in total. The molecular formula is C18H27NO4S. The number of thioether (sulfide) groups is 1. The third kappa shape index (κ3) is 8.24. The Balaban J connectivity index is 2.24. The molecule has 24 heavy (non-hydrogen) atoms. The molecule has 0 spiro atoms. The molecule has 0 aliphatic heterocycles. The summed E-state index contributed by atoms with van der Waals surface area (Å²) in [7, 11) is 0. The zero-order valence-electron chi connectivity index (χ0n) is 14.4. The molecule has 0 aliphatic carbocycles. The fourth-order valence-electron chi connectivity index (χ4n) is 2.11. The van der Waals surface area contributed by atoms with Crippen molar-refractivity contribution in [2.75, 3.05) is 18.1 Å². The lowest BCUT2D eigenvalue weighted by atomic mass is 10.2. The molecule has 1 aromatic rings. The predicted octanol–water partition coefficient (Wildman–Crippen LogP) is 3.12. The van der Waals surface area contributed by atoms with Crippen LogP contribution in [0.4, 0.5) is 0 Å². The lowest BCUT2D eigenvalue weighted by Crippen LogP contribution is -2.41. The maximum absolute atomic E-state index is 11.8. The molecule has 0 aliphatic rings. The van der Waals surface area contributed by atoms with E-state index in [9.17, 15) is 9.59 Å². The van der Waals surface area contributed by atoms with Gasteiger partial charge in [-0.1, -0.05) is 26.0 Å². The van der Waals surface area contributed by atoms with Crippen molar-refractivity contribution < 1.29 is 19.4 Å². The number of ether oxygens (including phenoxy) is 1. The topological polar surface area (TPSA) is 75.6 Å². The Morgan fingerprint density at radius 3 is 2.54 bits per heavy atom. The van der Waals surface area contributed by atoms with Crippen LogP contribution in [0.1, 0.15) is 38.7 Å². The Kier molecular flexibility index (Phi) is 10.00. The zero-order chi connectivity index (χ0) is 17.8. The average molecular weight is 353 g/mol. The van der Waals surface area contributed by atoms with E-state index in [1.807, 2.05) is 31.2 Å². The molecule has 1 aromatic carbocycles.